The van der Waals surface area contributed by atoms with Gasteiger partial charge in [-0.25, -0.2) is 4.79 Å². The molecule has 0 spiro atoms. The van der Waals surface area contributed by atoms with Crippen LogP contribution in [0.25, 0.3) is 0 Å². The molecular weight excluding hydrogens is 258 g/mol. The Labute approximate surface area is 107 Å². The zero-order valence-corrected chi connectivity index (χ0v) is 9.77. The van der Waals surface area contributed by atoms with Crippen LogP contribution >= 0.6 is 11.6 Å². The van der Waals surface area contributed by atoms with Crippen LogP contribution in [0, 0.1) is 0 Å². The molecule has 6 heteroatoms. The average molecular weight is 266 g/mol. The SMILES string of the molecule is O=C(Nc1ccc(C(=O)O)c(Cl)c1)c1ccco1. The molecule has 18 heavy (non-hydrogen) atoms. The van der Waals surface area contributed by atoms with Crippen LogP contribution < -0.4 is 5.32 Å². The molecule has 0 atom stereocenters. The summed E-state index contributed by atoms with van der Waals surface area (Å²) in [6, 6.07) is 7.25. The van der Waals surface area contributed by atoms with Crippen molar-refractivity contribution in [2.24, 2.45) is 0 Å². The van der Waals surface area contributed by atoms with Crippen LogP contribution in [-0.4, -0.2) is 17.0 Å². The summed E-state index contributed by atoms with van der Waals surface area (Å²) in [4.78, 5) is 22.4. The number of carbonyl (C=O) groups is 2. The van der Waals surface area contributed by atoms with Gasteiger partial charge >= 0.3 is 5.97 Å². The molecule has 5 nitrogen and oxygen atoms in total. The first-order valence-electron chi connectivity index (χ1n) is 4.95. The number of benzene rings is 1. The van der Waals surface area contributed by atoms with Crippen molar-refractivity contribution in [2.75, 3.05) is 5.32 Å². The smallest absolute Gasteiger partial charge is 0.337 e. The van der Waals surface area contributed by atoms with Gasteiger partial charge in [0.1, 0.15) is 0 Å². The monoisotopic (exact) mass is 265 g/mol. The van der Waals surface area contributed by atoms with Gasteiger partial charge in [0, 0.05) is 5.69 Å². The Morgan fingerprint density at radius 3 is 2.61 bits per heavy atom. The number of carboxylic acids is 1. The fourth-order valence-corrected chi connectivity index (χ4v) is 1.63. The van der Waals surface area contributed by atoms with Crippen molar-refractivity contribution in [2.45, 2.75) is 0 Å². The first kappa shape index (κ1) is 12.2. The maximum absolute atomic E-state index is 11.6. The van der Waals surface area contributed by atoms with Gasteiger partial charge in [-0.2, -0.15) is 0 Å². The molecule has 0 bridgehead atoms. The Hall–Kier alpha value is -2.27. The van der Waals surface area contributed by atoms with Gasteiger partial charge < -0.3 is 14.8 Å². The molecule has 1 heterocycles. The van der Waals surface area contributed by atoms with E-state index in [1.807, 2.05) is 0 Å². The van der Waals surface area contributed by atoms with E-state index in [9.17, 15) is 9.59 Å². The van der Waals surface area contributed by atoms with E-state index >= 15 is 0 Å². The molecule has 92 valence electrons. The summed E-state index contributed by atoms with van der Waals surface area (Å²) in [5, 5.41) is 11.4. The van der Waals surface area contributed by atoms with E-state index in [4.69, 9.17) is 21.1 Å². The lowest BCUT2D eigenvalue weighted by atomic mass is 10.2. The number of carboxylic acid groups (broad SMARTS) is 1. The molecule has 1 aromatic heterocycles. The number of halogens is 1. The molecule has 0 aliphatic carbocycles. The van der Waals surface area contributed by atoms with E-state index in [1.54, 1.807) is 6.07 Å². The molecule has 1 aromatic carbocycles. The van der Waals surface area contributed by atoms with Crippen LogP contribution in [0.2, 0.25) is 5.02 Å². The van der Waals surface area contributed by atoms with Gasteiger partial charge in [-0.15, -0.1) is 0 Å². The predicted molar refractivity (Wildman–Crippen MR) is 65.1 cm³/mol. The van der Waals surface area contributed by atoms with Gasteiger partial charge in [0.05, 0.1) is 16.8 Å². The van der Waals surface area contributed by atoms with E-state index < -0.39 is 11.9 Å². The molecule has 0 saturated heterocycles. The maximum atomic E-state index is 11.6. The van der Waals surface area contributed by atoms with Crippen LogP contribution in [0.1, 0.15) is 20.9 Å². The highest BCUT2D eigenvalue weighted by molar-refractivity contribution is 6.33. The molecule has 0 unspecified atom stereocenters. The molecule has 0 aliphatic heterocycles. The number of amides is 1. The summed E-state index contributed by atoms with van der Waals surface area (Å²) in [6.45, 7) is 0. The minimum Gasteiger partial charge on any atom is -0.478 e. The average Bonchev–Trinajstić information content (AvgIpc) is 2.81. The largest absolute Gasteiger partial charge is 0.478 e. The number of anilines is 1. The molecule has 0 aliphatic rings. The second-order valence-corrected chi connectivity index (χ2v) is 3.84. The molecular formula is C12H8ClNO4. The Morgan fingerprint density at radius 2 is 2.06 bits per heavy atom. The molecule has 0 fully saturated rings. The van der Waals surface area contributed by atoms with E-state index in [0.29, 0.717) is 5.69 Å². The number of nitrogens with one attached hydrogen (secondary N) is 1. The van der Waals surface area contributed by atoms with Gasteiger partial charge in [0.2, 0.25) is 0 Å². The molecule has 0 radical (unpaired) electrons. The normalized spacial score (nSPS) is 10.1. The Bertz CT molecular complexity index is 592. The van der Waals surface area contributed by atoms with E-state index in [-0.39, 0.29) is 16.3 Å². The van der Waals surface area contributed by atoms with E-state index in [0.717, 1.165) is 0 Å². The summed E-state index contributed by atoms with van der Waals surface area (Å²) in [6.07, 6.45) is 1.38. The van der Waals surface area contributed by atoms with Gasteiger partial charge in [-0.05, 0) is 30.3 Å². The van der Waals surface area contributed by atoms with Gasteiger partial charge in [0.25, 0.3) is 5.91 Å². The van der Waals surface area contributed by atoms with Crippen molar-refractivity contribution in [3.63, 3.8) is 0 Å². The van der Waals surface area contributed by atoms with Crippen LogP contribution in [-0.2, 0) is 0 Å². The topological polar surface area (TPSA) is 79.5 Å². The Morgan fingerprint density at radius 1 is 1.28 bits per heavy atom. The summed E-state index contributed by atoms with van der Waals surface area (Å²) in [5.41, 5.74) is 0.374. The van der Waals surface area contributed by atoms with Crippen molar-refractivity contribution >= 4 is 29.2 Å². The van der Waals surface area contributed by atoms with Crippen LogP contribution in [0.5, 0.6) is 0 Å². The lowest BCUT2D eigenvalue weighted by Gasteiger charge is -2.05. The van der Waals surface area contributed by atoms with E-state index in [2.05, 4.69) is 5.32 Å². The fourth-order valence-electron chi connectivity index (χ4n) is 1.37. The Kier molecular flexibility index (Phi) is 3.34. The minimum absolute atomic E-state index is 0.0207. The van der Waals surface area contributed by atoms with Crippen LogP contribution in [0.15, 0.2) is 41.0 Å². The first-order valence-corrected chi connectivity index (χ1v) is 5.33. The van der Waals surface area contributed by atoms with Gasteiger partial charge in [-0.1, -0.05) is 11.6 Å². The lowest BCUT2D eigenvalue weighted by Crippen LogP contribution is -2.11. The third-order valence-electron chi connectivity index (χ3n) is 2.20. The molecule has 1 amide bonds. The standard InChI is InChI=1S/C12H8ClNO4/c13-9-6-7(3-4-8(9)12(16)17)14-11(15)10-2-1-5-18-10/h1-6H,(H,14,15)(H,16,17). The molecule has 2 rings (SSSR count). The van der Waals surface area contributed by atoms with Crippen molar-refractivity contribution in [1.82, 2.24) is 0 Å². The van der Waals surface area contributed by atoms with Crippen molar-refractivity contribution in [3.05, 3.63) is 52.9 Å². The fraction of sp³-hybridized carbons (Fsp3) is 0. The summed E-state index contributed by atoms with van der Waals surface area (Å²) in [5.74, 6) is -1.39. The number of hydrogen-bond donors (Lipinski definition) is 2. The van der Waals surface area contributed by atoms with Gasteiger partial charge in [-0.3, -0.25) is 4.79 Å². The molecule has 0 saturated carbocycles. The molecule has 2 N–H and O–H groups in total. The van der Waals surface area contributed by atoms with Gasteiger partial charge in [0.15, 0.2) is 5.76 Å². The number of aromatic carboxylic acids is 1. The third-order valence-corrected chi connectivity index (χ3v) is 2.52. The predicted octanol–water partition coefficient (Wildman–Crippen LogP) is 2.88. The highest BCUT2D eigenvalue weighted by atomic mass is 35.5. The van der Waals surface area contributed by atoms with Crippen LogP contribution in [0.3, 0.4) is 0 Å². The Balaban J connectivity index is 2.18. The van der Waals surface area contributed by atoms with Crippen molar-refractivity contribution in [1.29, 1.82) is 0 Å². The quantitative estimate of drug-likeness (QED) is 0.894. The summed E-state index contributed by atoms with van der Waals surface area (Å²) < 4.78 is 4.92. The third kappa shape index (κ3) is 2.52. The number of carbonyl (C=O) groups excluding carboxylic acids is 1. The number of hydrogen-bond acceptors (Lipinski definition) is 3. The highest BCUT2D eigenvalue weighted by Crippen LogP contribution is 2.21. The van der Waals surface area contributed by atoms with Crippen molar-refractivity contribution < 1.29 is 19.1 Å². The van der Waals surface area contributed by atoms with E-state index in [1.165, 1.54) is 30.5 Å². The van der Waals surface area contributed by atoms with Crippen LogP contribution in [0.4, 0.5) is 5.69 Å². The maximum Gasteiger partial charge on any atom is 0.337 e. The zero-order chi connectivity index (χ0) is 13.1. The summed E-state index contributed by atoms with van der Waals surface area (Å²) in [7, 11) is 0. The second-order valence-electron chi connectivity index (χ2n) is 3.43. The number of furan rings is 1. The molecule has 2 aromatic rings. The number of rotatable bonds is 3. The highest BCUT2D eigenvalue weighted by Gasteiger charge is 2.12. The van der Waals surface area contributed by atoms with Crippen molar-refractivity contribution in [3.8, 4) is 0 Å². The minimum atomic E-state index is -1.12. The zero-order valence-electron chi connectivity index (χ0n) is 9.01. The second kappa shape index (κ2) is 4.93. The lowest BCUT2D eigenvalue weighted by molar-refractivity contribution is 0.0697. The first-order chi connectivity index (χ1) is 8.58. The summed E-state index contributed by atoms with van der Waals surface area (Å²) >= 11 is 5.78.